The third-order valence-electron chi connectivity index (χ3n) is 2.89. The van der Waals surface area contributed by atoms with Gasteiger partial charge in [-0.1, -0.05) is 11.3 Å². The van der Waals surface area contributed by atoms with Crippen molar-refractivity contribution in [1.29, 1.82) is 0 Å². The van der Waals surface area contributed by atoms with Crippen molar-refractivity contribution in [3.05, 3.63) is 35.7 Å². The Morgan fingerprint density at radius 3 is 2.83 bits per heavy atom. The summed E-state index contributed by atoms with van der Waals surface area (Å²) in [5, 5.41) is 10.5. The molecule has 0 bridgehead atoms. The van der Waals surface area contributed by atoms with Gasteiger partial charge in [-0.15, -0.1) is 5.10 Å². The molecule has 10 heteroatoms. The first-order valence-corrected chi connectivity index (χ1v) is 6.94. The zero-order valence-electron chi connectivity index (χ0n) is 12.8. The molecule has 130 valence electrons. The number of aryl methyl sites for hydroxylation is 1. The first-order valence-electron chi connectivity index (χ1n) is 6.94. The second-order valence-electron chi connectivity index (χ2n) is 5.13. The van der Waals surface area contributed by atoms with Crippen LogP contribution in [0.4, 0.5) is 18.9 Å². The topological polar surface area (TPSA) is 95.1 Å². The number of anilines is 1. The standard InChI is InChI=1S/C14H16F3N5O2/c1-9-2-3-11(12(4-9)24-8-14(15,16)17)19-5-10-6-22(21-20-10)7-13(18)23/h2-4,6,19H,5,7-8H2,1H3,(H2,18,23). The van der Waals surface area contributed by atoms with E-state index < -0.39 is 18.7 Å². The highest BCUT2D eigenvalue weighted by Crippen LogP contribution is 2.28. The smallest absolute Gasteiger partial charge is 0.422 e. The lowest BCUT2D eigenvalue weighted by Gasteiger charge is -2.14. The van der Waals surface area contributed by atoms with Crippen LogP contribution in [0.3, 0.4) is 0 Å². The fourth-order valence-corrected chi connectivity index (χ4v) is 1.90. The fourth-order valence-electron chi connectivity index (χ4n) is 1.90. The van der Waals surface area contributed by atoms with E-state index in [1.807, 2.05) is 0 Å². The number of nitrogens with zero attached hydrogens (tertiary/aromatic N) is 3. The molecule has 0 saturated carbocycles. The molecule has 0 aliphatic carbocycles. The highest BCUT2D eigenvalue weighted by atomic mass is 19.4. The van der Waals surface area contributed by atoms with Crippen LogP contribution in [-0.2, 0) is 17.9 Å². The summed E-state index contributed by atoms with van der Waals surface area (Å²) < 4.78 is 43.1. The lowest BCUT2D eigenvalue weighted by Crippen LogP contribution is -2.19. The van der Waals surface area contributed by atoms with Gasteiger partial charge < -0.3 is 15.8 Å². The van der Waals surface area contributed by atoms with Gasteiger partial charge in [0.25, 0.3) is 0 Å². The van der Waals surface area contributed by atoms with Crippen LogP contribution in [0.1, 0.15) is 11.3 Å². The number of hydrogen-bond acceptors (Lipinski definition) is 5. The zero-order chi connectivity index (χ0) is 17.7. The quantitative estimate of drug-likeness (QED) is 0.797. The fraction of sp³-hybridized carbons (Fsp3) is 0.357. The number of halogens is 3. The van der Waals surface area contributed by atoms with Crippen LogP contribution in [0.5, 0.6) is 5.75 Å². The van der Waals surface area contributed by atoms with Crippen LogP contribution in [0.15, 0.2) is 24.4 Å². The molecule has 24 heavy (non-hydrogen) atoms. The van der Waals surface area contributed by atoms with Gasteiger partial charge in [0, 0.05) is 0 Å². The largest absolute Gasteiger partial charge is 0.482 e. The summed E-state index contributed by atoms with van der Waals surface area (Å²) in [6.45, 7) is 0.473. The molecule has 0 aliphatic rings. The highest BCUT2D eigenvalue weighted by molar-refractivity contribution is 5.73. The molecule has 1 amide bonds. The second-order valence-corrected chi connectivity index (χ2v) is 5.13. The number of aromatic nitrogens is 3. The zero-order valence-corrected chi connectivity index (χ0v) is 12.8. The summed E-state index contributed by atoms with van der Waals surface area (Å²) in [5.74, 6) is -0.461. The highest BCUT2D eigenvalue weighted by Gasteiger charge is 2.28. The van der Waals surface area contributed by atoms with E-state index >= 15 is 0 Å². The third kappa shape index (κ3) is 5.45. The first-order chi connectivity index (χ1) is 11.2. The van der Waals surface area contributed by atoms with Gasteiger partial charge in [-0.3, -0.25) is 4.79 Å². The van der Waals surface area contributed by atoms with Gasteiger partial charge in [0.15, 0.2) is 6.61 Å². The molecule has 1 aromatic carbocycles. The number of amides is 1. The Bertz CT molecular complexity index is 715. The average molecular weight is 343 g/mol. The third-order valence-corrected chi connectivity index (χ3v) is 2.89. The van der Waals surface area contributed by atoms with Crippen LogP contribution in [0.25, 0.3) is 0 Å². The molecule has 0 unspecified atom stereocenters. The summed E-state index contributed by atoms with van der Waals surface area (Å²) in [5.41, 5.74) is 6.71. The average Bonchev–Trinajstić information content (AvgIpc) is 2.90. The van der Waals surface area contributed by atoms with Crippen molar-refractivity contribution in [3.8, 4) is 5.75 Å². The second kappa shape index (κ2) is 7.20. The molecular formula is C14H16F3N5O2. The van der Waals surface area contributed by atoms with Gasteiger partial charge in [-0.05, 0) is 24.6 Å². The number of nitrogens with one attached hydrogen (secondary N) is 1. The van der Waals surface area contributed by atoms with E-state index in [4.69, 9.17) is 10.5 Å². The van der Waals surface area contributed by atoms with Gasteiger partial charge in [0.2, 0.25) is 5.91 Å². The number of hydrogen-bond donors (Lipinski definition) is 2. The Kier molecular flexibility index (Phi) is 5.27. The van der Waals surface area contributed by atoms with Crippen LogP contribution in [0.2, 0.25) is 0 Å². The molecule has 1 aromatic heterocycles. The summed E-state index contributed by atoms with van der Waals surface area (Å²) >= 11 is 0. The number of nitrogens with two attached hydrogens (primary N) is 1. The Labute approximate surface area is 135 Å². The van der Waals surface area contributed by atoms with E-state index in [1.165, 1.54) is 16.9 Å². The van der Waals surface area contributed by atoms with Crippen molar-refractivity contribution in [2.45, 2.75) is 26.2 Å². The summed E-state index contributed by atoms with van der Waals surface area (Å²) in [4.78, 5) is 10.8. The van der Waals surface area contributed by atoms with Crippen LogP contribution < -0.4 is 15.8 Å². The maximum Gasteiger partial charge on any atom is 0.422 e. The molecular weight excluding hydrogens is 327 g/mol. The molecule has 7 nitrogen and oxygen atoms in total. The summed E-state index contributed by atoms with van der Waals surface area (Å²) in [6, 6.07) is 4.87. The minimum absolute atomic E-state index is 0.0943. The van der Waals surface area contributed by atoms with E-state index in [1.54, 1.807) is 19.1 Å². The van der Waals surface area contributed by atoms with Crippen LogP contribution in [0, 0.1) is 6.92 Å². The molecule has 2 rings (SSSR count). The van der Waals surface area contributed by atoms with Gasteiger partial charge in [-0.25, -0.2) is 4.68 Å². The number of carbonyl (C=O) groups excluding carboxylic acids is 1. The number of rotatable bonds is 7. The molecule has 0 spiro atoms. The molecule has 0 saturated heterocycles. The van der Waals surface area contributed by atoms with Crippen molar-refractivity contribution in [2.24, 2.45) is 5.73 Å². The summed E-state index contributed by atoms with van der Waals surface area (Å²) in [7, 11) is 0. The van der Waals surface area contributed by atoms with E-state index in [0.29, 0.717) is 11.4 Å². The Morgan fingerprint density at radius 2 is 2.17 bits per heavy atom. The van der Waals surface area contributed by atoms with Gasteiger partial charge in [-0.2, -0.15) is 13.2 Å². The van der Waals surface area contributed by atoms with Gasteiger partial charge >= 0.3 is 6.18 Å². The van der Waals surface area contributed by atoms with Crippen molar-refractivity contribution < 1.29 is 22.7 Å². The van der Waals surface area contributed by atoms with Gasteiger partial charge in [0.1, 0.15) is 18.0 Å². The minimum Gasteiger partial charge on any atom is -0.482 e. The lowest BCUT2D eigenvalue weighted by atomic mass is 10.2. The molecule has 0 fully saturated rings. The Morgan fingerprint density at radius 1 is 1.42 bits per heavy atom. The van der Waals surface area contributed by atoms with Crippen molar-refractivity contribution in [2.75, 3.05) is 11.9 Å². The SMILES string of the molecule is Cc1ccc(NCc2cn(CC(N)=O)nn2)c(OCC(F)(F)F)c1. The van der Waals surface area contributed by atoms with E-state index in [2.05, 4.69) is 15.6 Å². The van der Waals surface area contributed by atoms with Crippen LogP contribution >= 0.6 is 0 Å². The minimum atomic E-state index is -4.42. The number of benzene rings is 1. The molecule has 3 N–H and O–H groups in total. The first kappa shape index (κ1) is 17.6. The maximum atomic E-state index is 12.3. The molecule has 0 aliphatic heterocycles. The molecule has 0 radical (unpaired) electrons. The lowest BCUT2D eigenvalue weighted by molar-refractivity contribution is -0.153. The molecule has 0 atom stereocenters. The normalized spacial score (nSPS) is 11.3. The van der Waals surface area contributed by atoms with E-state index in [-0.39, 0.29) is 18.8 Å². The predicted octanol–water partition coefficient (Wildman–Crippen LogP) is 1.63. The number of carbonyl (C=O) groups is 1. The Balaban J connectivity index is 2.03. The maximum absolute atomic E-state index is 12.3. The number of alkyl halides is 3. The molecule has 1 heterocycles. The van der Waals surface area contributed by atoms with Crippen molar-refractivity contribution >= 4 is 11.6 Å². The Hall–Kier alpha value is -2.78. The van der Waals surface area contributed by atoms with E-state index in [0.717, 1.165) is 5.56 Å². The number of ether oxygens (including phenoxy) is 1. The number of primary amides is 1. The monoisotopic (exact) mass is 343 g/mol. The van der Waals surface area contributed by atoms with Crippen LogP contribution in [-0.4, -0.2) is 33.7 Å². The summed E-state index contributed by atoms with van der Waals surface area (Å²) in [6.07, 6.45) is -2.90. The predicted molar refractivity (Wildman–Crippen MR) is 79.3 cm³/mol. The van der Waals surface area contributed by atoms with Crippen molar-refractivity contribution in [1.82, 2.24) is 15.0 Å². The van der Waals surface area contributed by atoms with Crippen molar-refractivity contribution in [3.63, 3.8) is 0 Å². The molecule has 2 aromatic rings. The van der Waals surface area contributed by atoms with E-state index in [9.17, 15) is 18.0 Å². The van der Waals surface area contributed by atoms with Gasteiger partial charge in [0.05, 0.1) is 18.4 Å².